The Balaban J connectivity index is -0.0000000233. The standard InChI is InChI=1S/C4H9.CH3.HO2P.Zn/c1-3-4-2;;1-3-2;/h1,3-4H2,2H3;1H3;(H,1,2);/q2*-1;;+2. The summed E-state index contributed by atoms with van der Waals surface area (Å²) in [7, 11) is -0.833. The van der Waals surface area contributed by atoms with Crippen LogP contribution in [0.2, 0.25) is 0 Å². The molecule has 0 aliphatic heterocycles. The third-order valence-corrected chi connectivity index (χ3v) is 0.354. The van der Waals surface area contributed by atoms with Gasteiger partial charge in [-0.15, -0.1) is 0 Å². The molecule has 0 heterocycles. The Morgan fingerprint density at radius 3 is 1.78 bits per heavy atom. The Morgan fingerprint density at radius 2 is 1.78 bits per heavy atom. The van der Waals surface area contributed by atoms with Gasteiger partial charge in [-0.25, -0.2) is 4.57 Å². The number of rotatable bonds is 1. The van der Waals surface area contributed by atoms with E-state index in [-0.39, 0.29) is 26.9 Å². The van der Waals surface area contributed by atoms with Gasteiger partial charge in [0.25, 0.3) is 0 Å². The zero-order chi connectivity index (χ0) is 6.12. The molecule has 4 heteroatoms. The van der Waals surface area contributed by atoms with E-state index >= 15 is 0 Å². The molecule has 0 amide bonds. The molecule has 2 nitrogen and oxygen atoms in total. The minimum Gasteiger partial charge on any atom is -0.358 e. The van der Waals surface area contributed by atoms with Gasteiger partial charge in [0.05, 0.1) is 0 Å². The largest absolute Gasteiger partial charge is 2.00 e. The average molecular weight is 202 g/mol. The minimum atomic E-state index is -0.833. The minimum absolute atomic E-state index is 0. The second-order valence-electron chi connectivity index (χ2n) is 0.935. The summed E-state index contributed by atoms with van der Waals surface area (Å²) in [6, 6.07) is 0. The van der Waals surface area contributed by atoms with Crippen LogP contribution in [0.4, 0.5) is 0 Å². The Kier molecular flexibility index (Phi) is 94.9. The molecule has 1 N–H and O–H groups in total. The van der Waals surface area contributed by atoms with Crippen molar-refractivity contribution < 1.29 is 28.9 Å². The molecule has 0 unspecified atom stereocenters. The summed E-state index contributed by atoms with van der Waals surface area (Å²) in [5.74, 6) is 0. The molecule has 0 aromatic carbocycles. The van der Waals surface area contributed by atoms with Gasteiger partial charge in [-0.1, -0.05) is 13.3 Å². The quantitative estimate of drug-likeness (QED) is 0.401. The molecule has 0 fully saturated rings. The summed E-state index contributed by atoms with van der Waals surface area (Å²) in [5, 5.41) is 0. The Bertz CT molecular complexity index is 34.1. The molecule has 0 saturated carbocycles. The summed E-state index contributed by atoms with van der Waals surface area (Å²) < 4.78 is 8.46. The van der Waals surface area contributed by atoms with Gasteiger partial charge in [0.2, 0.25) is 0 Å². The van der Waals surface area contributed by atoms with Crippen LogP contribution in [-0.4, -0.2) is 4.89 Å². The molecular formula is C5H13O2PZn. The molecule has 0 aromatic rings. The van der Waals surface area contributed by atoms with Gasteiger partial charge < -0.3 is 19.2 Å². The zero-order valence-electron chi connectivity index (χ0n) is 6.13. The fourth-order valence-corrected chi connectivity index (χ4v) is 0. The van der Waals surface area contributed by atoms with Crippen LogP contribution in [0.1, 0.15) is 19.8 Å². The van der Waals surface area contributed by atoms with Gasteiger partial charge >= 0.3 is 28.2 Å². The van der Waals surface area contributed by atoms with Crippen LogP contribution in [0, 0.1) is 14.4 Å². The maximum atomic E-state index is 8.46. The van der Waals surface area contributed by atoms with Crippen LogP contribution in [0.25, 0.3) is 0 Å². The van der Waals surface area contributed by atoms with Crippen LogP contribution in [-0.2, 0) is 24.0 Å². The van der Waals surface area contributed by atoms with Crippen LogP contribution < -0.4 is 0 Å². The number of hydrogen-bond donors (Lipinski definition) is 1. The molecule has 0 atom stereocenters. The molecule has 0 rings (SSSR count). The Hall–Kier alpha value is 0.683. The van der Waals surface area contributed by atoms with Gasteiger partial charge in [-0.3, -0.25) is 0 Å². The van der Waals surface area contributed by atoms with Crippen LogP contribution in [0.3, 0.4) is 0 Å². The predicted molar refractivity (Wildman–Crippen MR) is 36.5 cm³/mol. The molecule has 0 bridgehead atoms. The first kappa shape index (κ1) is 22.6. The van der Waals surface area contributed by atoms with Crippen molar-refractivity contribution in [2.24, 2.45) is 0 Å². The summed E-state index contributed by atoms with van der Waals surface area (Å²) in [4.78, 5) is 6.99. The molecule has 9 heavy (non-hydrogen) atoms. The normalized spacial score (nSPS) is 5.67. The first-order chi connectivity index (χ1) is 3.33. The maximum Gasteiger partial charge on any atom is 2.00 e. The van der Waals surface area contributed by atoms with E-state index in [1.54, 1.807) is 0 Å². The van der Waals surface area contributed by atoms with Crippen molar-refractivity contribution in [3.8, 4) is 0 Å². The fraction of sp³-hybridized carbons (Fsp3) is 0.600. The SMILES string of the molecule is O=PO.[CH2-]CCC.[CH3-].[Zn+2]. The van der Waals surface area contributed by atoms with E-state index in [1.165, 1.54) is 6.42 Å². The predicted octanol–water partition coefficient (Wildman–Crippen LogP) is 2.25. The van der Waals surface area contributed by atoms with E-state index in [0.717, 1.165) is 6.42 Å². The second-order valence-corrected chi connectivity index (χ2v) is 1.10. The topological polar surface area (TPSA) is 37.3 Å². The van der Waals surface area contributed by atoms with Crippen molar-refractivity contribution in [3.05, 3.63) is 14.4 Å². The maximum absolute atomic E-state index is 8.46. The van der Waals surface area contributed by atoms with E-state index in [4.69, 9.17) is 9.46 Å². The van der Waals surface area contributed by atoms with E-state index in [2.05, 4.69) is 13.8 Å². The van der Waals surface area contributed by atoms with E-state index < -0.39 is 8.69 Å². The molecular weight excluding hydrogens is 188 g/mol. The molecule has 0 aliphatic rings. The Morgan fingerprint density at radius 1 is 1.67 bits per heavy atom. The summed E-state index contributed by atoms with van der Waals surface area (Å²) in [5.41, 5.74) is 0. The van der Waals surface area contributed by atoms with Gasteiger partial charge in [0.1, 0.15) is 0 Å². The molecule has 0 radical (unpaired) electrons. The van der Waals surface area contributed by atoms with Gasteiger partial charge in [0.15, 0.2) is 0 Å². The second kappa shape index (κ2) is 37.8. The summed E-state index contributed by atoms with van der Waals surface area (Å²) >= 11 is 0. The van der Waals surface area contributed by atoms with Crippen LogP contribution in [0.5, 0.6) is 0 Å². The summed E-state index contributed by atoms with van der Waals surface area (Å²) in [6.45, 7) is 5.72. The van der Waals surface area contributed by atoms with Crippen molar-refractivity contribution >= 4 is 8.69 Å². The third-order valence-electron chi connectivity index (χ3n) is 0.354. The van der Waals surface area contributed by atoms with Crippen LogP contribution in [0.15, 0.2) is 0 Å². The van der Waals surface area contributed by atoms with Crippen molar-refractivity contribution in [3.63, 3.8) is 0 Å². The van der Waals surface area contributed by atoms with E-state index in [0.29, 0.717) is 0 Å². The summed E-state index contributed by atoms with van der Waals surface area (Å²) in [6.07, 6.45) is 2.28. The van der Waals surface area contributed by atoms with Gasteiger partial charge in [-0.2, -0.15) is 6.42 Å². The fourth-order valence-electron chi connectivity index (χ4n) is 0. The average Bonchev–Trinajstić information content (AvgIpc) is 1.69. The first-order valence-electron chi connectivity index (χ1n) is 2.09. The first-order valence-corrected chi connectivity index (χ1v) is 2.85. The smallest absolute Gasteiger partial charge is 0.358 e. The molecule has 0 saturated heterocycles. The van der Waals surface area contributed by atoms with Gasteiger partial charge in [-0.05, 0) is 0 Å². The molecule has 52 valence electrons. The molecule has 0 aliphatic carbocycles. The third kappa shape index (κ3) is 137. The molecule has 0 spiro atoms. The van der Waals surface area contributed by atoms with Crippen molar-refractivity contribution in [1.29, 1.82) is 0 Å². The van der Waals surface area contributed by atoms with Crippen molar-refractivity contribution in [1.82, 2.24) is 0 Å². The number of unbranched alkanes of at least 4 members (excludes halogenated alkanes) is 1. The van der Waals surface area contributed by atoms with Crippen molar-refractivity contribution in [2.75, 3.05) is 0 Å². The van der Waals surface area contributed by atoms with Crippen LogP contribution >= 0.6 is 8.69 Å². The Labute approximate surface area is 72.1 Å². The monoisotopic (exact) mass is 200 g/mol. The zero-order valence-corrected chi connectivity index (χ0v) is 9.99. The van der Waals surface area contributed by atoms with Gasteiger partial charge in [0, 0.05) is 0 Å². The number of hydrogen-bond acceptors (Lipinski definition) is 1. The van der Waals surface area contributed by atoms with Crippen molar-refractivity contribution in [2.45, 2.75) is 19.8 Å². The molecule has 0 aromatic heterocycles. The van der Waals surface area contributed by atoms with E-state index in [1.807, 2.05) is 0 Å². The van der Waals surface area contributed by atoms with E-state index in [9.17, 15) is 0 Å².